The molecule has 2 N–H and O–H groups in total. The van der Waals surface area contributed by atoms with Gasteiger partial charge in [0.1, 0.15) is 5.69 Å². The van der Waals surface area contributed by atoms with Crippen molar-refractivity contribution in [2.45, 2.75) is 13.8 Å². The van der Waals surface area contributed by atoms with E-state index in [1.165, 1.54) is 0 Å². The maximum absolute atomic E-state index is 10.7. The Kier molecular flexibility index (Phi) is 3.37. The second-order valence-electron chi connectivity index (χ2n) is 2.87. The monoisotopic (exact) mass is 211 g/mol. The van der Waals surface area contributed by atoms with Crippen LogP contribution in [0.3, 0.4) is 0 Å². The summed E-state index contributed by atoms with van der Waals surface area (Å²) < 4.78 is 0. The molecular formula is C8H13N5O2. The summed E-state index contributed by atoms with van der Waals surface area (Å²) in [5.74, 6) is 0.619. The molecule has 0 aromatic carbocycles. The summed E-state index contributed by atoms with van der Waals surface area (Å²) >= 11 is 0. The van der Waals surface area contributed by atoms with Crippen molar-refractivity contribution in [2.24, 2.45) is 0 Å². The van der Waals surface area contributed by atoms with E-state index in [0.717, 1.165) is 0 Å². The van der Waals surface area contributed by atoms with Gasteiger partial charge in [0.25, 0.3) is 0 Å². The zero-order valence-corrected chi connectivity index (χ0v) is 8.87. The Morgan fingerprint density at radius 2 is 2.13 bits per heavy atom. The molecule has 0 aliphatic rings. The molecule has 0 bridgehead atoms. The maximum atomic E-state index is 10.7. The van der Waals surface area contributed by atoms with E-state index in [9.17, 15) is 10.1 Å². The Morgan fingerprint density at radius 1 is 1.47 bits per heavy atom. The molecular weight excluding hydrogens is 198 g/mol. The van der Waals surface area contributed by atoms with Crippen LogP contribution < -0.4 is 10.6 Å². The highest BCUT2D eigenvalue weighted by atomic mass is 16.6. The van der Waals surface area contributed by atoms with Crippen molar-refractivity contribution >= 4 is 17.5 Å². The van der Waals surface area contributed by atoms with Crippen LogP contribution in [-0.2, 0) is 0 Å². The number of anilines is 2. The van der Waals surface area contributed by atoms with Crippen LogP contribution in [0.5, 0.6) is 0 Å². The number of nitro groups is 1. The molecule has 0 aliphatic carbocycles. The second kappa shape index (κ2) is 4.54. The predicted molar refractivity (Wildman–Crippen MR) is 57.1 cm³/mol. The van der Waals surface area contributed by atoms with Gasteiger partial charge in [-0.3, -0.25) is 10.1 Å². The molecule has 0 fully saturated rings. The van der Waals surface area contributed by atoms with E-state index < -0.39 is 4.92 Å². The summed E-state index contributed by atoms with van der Waals surface area (Å²) in [6.07, 6.45) is 0. The number of nitrogens with one attached hydrogen (secondary N) is 2. The molecule has 1 heterocycles. The van der Waals surface area contributed by atoms with E-state index in [1.54, 1.807) is 14.0 Å². The van der Waals surface area contributed by atoms with Gasteiger partial charge in [0.05, 0.1) is 4.92 Å². The van der Waals surface area contributed by atoms with Crippen LogP contribution in [0, 0.1) is 17.0 Å². The molecule has 0 saturated carbocycles. The lowest BCUT2D eigenvalue weighted by Gasteiger charge is -2.06. The molecule has 7 heteroatoms. The molecule has 82 valence electrons. The SMILES string of the molecule is CCNc1nc(C)c([N+](=O)[O-])c(NC)n1. The van der Waals surface area contributed by atoms with E-state index in [2.05, 4.69) is 20.6 Å². The Balaban J connectivity index is 3.24. The zero-order chi connectivity index (χ0) is 11.4. The zero-order valence-electron chi connectivity index (χ0n) is 8.87. The lowest BCUT2D eigenvalue weighted by atomic mass is 10.3. The van der Waals surface area contributed by atoms with E-state index in [1.807, 2.05) is 6.92 Å². The van der Waals surface area contributed by atoms with Crippen LogP contribution in [0.15, 0.2) is 0 Å². The van der Waals surface area contributed by atoms with E-state index in [0.29, 0.717) is 18.2 Å². The van der Waals surface area contributed by atoms with E-state index in [4.69, 9.17) is 0 Å². The molecule has 0 spiro atoms. The van der Waals surface area contributed by atoms with Gasteiger partial charge in [0.2, 0.25) is 11.8 Å². The number of hydrogen-bond donors (Lipinski definition) is 2. The number of rotatable bonds is 4. The molecule has 7 nitrogen and oxygen atoms in total. The Bertz CT molecular complexity index is 380. The molecule has 0 aliphatic heterocycles. The highest BCUT2D eigenvalue weighted by Gasteiger charge is 2.20. The minimum absolute atomic E-state index is 0.0841. The quantitative estimate of drug-likeness (QED) is 0.573. The third-order valence-electron chi connectivity index (χ3n) is 1.81. The fourth-order valence-electron chi connectivity index (χ4n) is 1.20. The average Bonchev–Trinajstić information content (AvgIpc) is 2.16. The Hall–Kier alpha value is -1.92. The Morgan fingerprint density at radius 3 is 2.60 bits per heavy atom. The van der Waals surface area contributed by atoms with Gasteiger partial charge in [-0.2, -0.15) is 4.98 Å². The largest absolute Gasteiger partial charge is 0.367 e. The highest BCUT2D eigenvalue weighted by Crippen LogP contribution is 2.25. The Labute approximate surface area is 87.1 Å². The van der Waals surface area contributed by atoms with Crippen molar-refractivity contribution in [3.8, 4) is 0 Å². The predicted octanol–water partition coefficient (Wildman–Crippen LogP) is 1.17. The summed E-state index contributed by atoms with van der Waals surface area (Å²) in [4.78, 5) is 18.2. The molecule has 1 aromatic heterocycles. The third kappa shape index (κ3) is 2.30. The summed E-state index contributed by atoms with van der Waals surface area (Å²) in [6.45, 7) is 4.15. The summed E-state index contributed by atoms with van der Waals surface area (Å²) in [5.41, 5.74) is 0.259. The number of nitrogens with zero attached hydrogens (tertiary/aromatic N) is 3. The van der Waals surface area contributed by atoms with Crippen molar-refractivity contribution in [1.29, 1.82) is 0 Å². The normalized spacial score (nSPS) is 9.80. The van der Waals surface area contributed by atoms with Crippen LogP contribution in [0.4, 0.5) is 17.5 Å². The third-order valence-corrected chi connectivity index (χ3v) is 1.81. The summed E-state index contributed by atoms with van der Waals surface area (Å²) in [5, 5.41) is 16.3. The molecule has 0 amide bonds. The fraction of sp³-hybridized carbons (Fsp3) is 0.500. The topological polar surface area (TPSA) is 93.0 Å². The number of hydrogen-bond acceptors (Lipinski definition) is 6. The highest BCUT2D eigenvalue weighted by molar-refractivity contribution is 5.60. The van der Waals surface area contributed by atoms with Gasteiger partial charge in [-0.1, -0.05) is 0 Å². The molecule has 15 heavy (non-hydrogen) atoms. The molecule has 0 radical (unpaired) electrons. The van der Waals surface area contributed by atoms with Crippen LogP contribution in [0.25, 0.3) is 0 Å². The van der Waals surface area contributed by atoms with Crippen LogP contribution in [0.2, 0.25) is 0 Å². The van der Waals surface area contributed by atoms with E-state index >= 15 is 0 Å². The lowest BCUT2D eigenvalue weighted by Crippen LogP contribution is -2.08. The summed E-state index contributed by atoms with van der Waals surface area (Å²) in [6, 6.07) is 0. The van der Waals surface area contributed by atoms with Crippen LogP contribution in [-0.4, -0.2) is 28.5 Å². The van der Waals surface area contributed by atoms with Crippen molar-refractivity contribution in [3.63, 3.8) is 0 Å². The van der Waals surface area contributed by atoms with Crippen molar-refractivity contribution in [1.82, 2.24) is 9.97 Å². The fourth-order valence-corrected chi connectivity index (χ4v) is 1.20. The average molecular weight is 211 g/mol. The van der Waals surface area contributed by atoms with Crippen LogP contribution >= 0.6 is 0 Å². The smallest absolute Gasteiger partial charge is 0.332 e. The first kappa shape index (κ1) is 11.2. The molecule has 0 saturated heterocycles. The van der Waals surface area contributed by atoms with E-state index in [-0.39, 0.29) is 11.5 Å². The van der Waals surface area contributed by atoms with Gasteiger partial charge in [-0.05, 0) is 13.8 Å². The number of aryl methyl sites for hydroxylation is 1. The van der Waals surface area contributed by atoms with Gasteiger partial charge in [0, 0.05) is 13.6 Å². The van der Waals surface area contributed by atoms with Crippen molar-refractivity contribution < 1.29 is 4.92 Å². The first-order valence-corrected chi connectivity index (χ1v) is 4.54. The van der Waals surface area contributed by atoms with Crippen LogP contribution in [0.1, 0.15) is 12.6 Å². The lowest BCUT2D eigenvalue weighted by molar-refractivity contribution is -0.385. The first-order chi connectivity index (χ1) is 7.10. The number of aromatic nitrogens is 2. The summed E-state index contributed by atoms with van der Waals surface area (Å²) in [7, 11) is 1.59. The molecule has 1 rings (SSSR count). The van der Waals surface area contributed by atoms with Gasteiger partial charge < -0.3 is 10.6 Å². The first-order valence-electron chi connectivity index (χ1n) is 4.54. The van der Waals surface area contributed by atoms with Crippen molar-refractivity contribution in [2.75, 3.05) is 24.2 Å². The van der Waals surface area contributed by atoms with Gasteiger partial charge in [-0.15, -0.1) is 0 Å². The standard InChI is InChI=1S/C8H13N5O2/c1-4-10-8-11-5(2)6(13(14)15)7(9-3)12-8/h4H2,1-3H3,(H2,9,10,11,12). The van der Waals surface area contributed by atoms with Crippen molar-refractivity contribution in [3.05, 3.63) is 15.8 Å². The van der Waals surface area contributed by atoms with Gasteiger partial charge >= 0.3 is 5.69 Å². The second-order valence-corrected chi connectivity index (χ2v) is 2.87. The minimum atomic E-state index is -0.489. The molecule has 1 aromatic rings. The molecule has 0 atom stereocenters. The minimum Gasteiger partial charge on any atom is -0.367 e. The van der Waals surface area contributed by atoms with Gasteiger partial charge in [-0.25, -0.2) is 4.98 Å². The maximum Gasteiger partial charge on any atom is 0.332 e. The molecule has 0 unspecified atom stereocenters. The van der Waals surface area contributed by atoms with Gasteiger partial charge in [0.15, 0.2) is 0 Å².